The Hall–Kier alpha value is -3.44. The standard InChI is InChI=1S/C20H19F3N8O/c1-10-3-15-25-9-26-30(15)8-13(10)27-17-24-7-14-16(28-17)31(18(32)29(14)2)19-4-11(5-19)12(6-19)20(21,22)23/h3,7-9,11-12H,4-6H2,1-2H3,(H,24,27,28). The Morgan fingerprint density at radius 2 is 2.00 bits per heavy atom. The Balaban J connectivity index is 1.43. The minimum absolute atomic E-state index is 0.0883. The molecule has 1 N–H and O–H groups in total. The van der Waals surface area contributed by atoms with Gasteiger partial charge in [0, 0.05) is 7.05 Å². The SMILES string of the molecule is Cc1cc2ncnn2cc1Nc1ncc2c(n1)n(C13CC(C1)C(C(F)(F)F)C3)c(=O)n2C. The Bertz CT molecular complexity index is 1440. The number of nitrogens with zero attached hydrogens (tertiary/aromatic N) is 7. The van der Waals surface area contributed by atoms with Gasteiger partial charge in [0.1, 0.15) is 11.8 Å². The van der Waals surface area contributed by atoms with E-state index in [1.165, 1.54) is 21.7 Å². The number of pyridine rings is 1. The molecule has 0 radical (unpaired) electrons. The van der Waals surface area contributed by atoms with Gasteiger partial charge in [0.2, 0.25) is 5.95 Å². The van der Waals surface area contributed by atoms with Crippen molar-refractivity contribution < 1.29 is 13.2 Å². The molecule has 4 aromatic heterocycles. The quantitative estimate of drug-likeness (QED) is 0.522. The van der Waals surface area contributed by atoms with Gasteiger partial charge in [0.15, 0.2) is 11.3 Å². The van der Waals surface area contributed by atoms with E-state index >= 15 is 0 Å². The number of nitrogens with one attached hydrogen (secondary N) is 1. The Morgan fingerprint density at radius 1 is 1.22 bits per heavy atom. The zero-order valence-corrected chi connectivity index (χ0v) is 17.3. The second-order valence-corrected chi connectivity index (χ2v) is 8.88. The maximum absolute atomic E-state index is 13.4. The van der Waals surface area contributed by atoms with E-state index in [1.54, 1.807) is 17.8 Å². The molecular formula is C20H19F3N8O. The number of fused-ring (bicyclic) bond motifs is 3. The van der Waals surface area contributed by atoms with E-state index in [0.29, 0.717) is 35.3 Å². The molecule has 1 unspecified atom stereocenters. The van der Waals surface area contributed by atoms with Crippen molar-refractivity contribution in [3.63, 3.8) is 0 Å². The molecule has 12 heteroatoms. The van der Waals surface area contributed by atoms with Crippen molar-refractivity contribution in [3.05, 3.63) is 40.8 Å². The van der Waals surface area contributed by atoms with Crippen molar-refractivity contribution in [1.29, 1.82) is 0 Å². The van der Waals surface area contributed by atoms with Crippen LogP contribution in [0.1, 0.15) is 24.8 Å². The maximum Gasteiger partial charge on any atom is 0.392 e. The van der Waals surface area contributed by atoms with E-state index in [2.05, 4.69) is 25.4 Å². The number of aromatic nitrogens is 7. The molecule has 1 atom stereocenters. The van der Waals surface area contributed by atoms with Gasteiger partial charge in [-0.2, -0.15) is 23.3 Å². The van der Waals surface area contributed by atoms with Crippen LogP contribution < -0.4 is 11.0 Å². The first-order chi connectivity index (χ1) is 15.2. The van der Waals surface area contributed by atoms with Crippen LogP contribution in [-0.4, -0.2) is 39.9 Å². The van der Waals surface area contributed by atoms with Crippen LogP contribution in [0.15, 0.2) is 29.6 Å². The molecular weight excluding hydrogens is 425 g/mol. The minimum Gasteiger partial charge on any atom is -0.323 e. The molecule has 0 aromatic carbocycles. The van der Waals surface area contributed by atoms with Crippen LogP contribution in [0, 0.1) is 18.8 Å². The topological polar surface area (TPSA) is 94.9 Å². The highest BCUT2D eigenvalue weighted by Crippen LogP contribution is 2.63. The smallest absolute Gasteiger partial charge is 0.323 e. The van der Waals surface area contributed by atoms with Crippen LogP contribution in [0.4, 0.5) is 24.8 Å². The molecule has 9 nitrogen and oxygen atoms in total. The molecule has 0 aliphatic heterocycles. The molecule has 0 spiro atoms. The third kappa shape index (κ3) is 2.55. The van der Waals surface area contributed by atoms with Crippen molar-refractivity contribution in [2.75, 3.05) is 5.32 Å². The number of rotatable bonds is 3. The number of hydrogen-bond acceptors (Lipinski definition) is 6. The van der Waals surface area contributed by atoms with Gasteiger partial charge in [0.05, 0.1) is 29.5 Å². The third-order valence-corrected chi connectivity index (χ3v) is 7.02. The average Bonchev–Trinajstić information content (AvgIpc) is 3.44. The van der Waals surface area contributed by atoms with Crippen molar-refractivity contribution in [2.24, 2.45) is 18.9 Å². The third-order valence-electron chi connectivity index (χ3n) is 7.02. The molecule has 3 aliphatic rings. The maximum atomic E-state index is 13.4. The fraction of sp³-hybridized carbons (Fsp3) is 0.450. The van der Waals surface area contributed by atoms with E-state index in [-0.39, 0.29) is 18.1 Å². The van der Waals surface area contributed by atoms with E-state index in [4.69, 9.17) is 0 Å². The van der Waals surface area contributed by atoms with Crippen LogP contribution in [0.25, 0.3) is 16.8 Å². The zero-order chi connectivity index (χ0) is 22.4. The summed E-state index contributed by atoms with van der Waals surface area (Å²) in [6.45, 7) is 1.90. The summed E-state index contributed by atoms with van der Waals surface area (Å²) in [6, 6.07) is 1.86. The molecule has 3 fully saturated rings. The second kappa shape index (κ2) is 6.08. The van der Waals surface area contributed by atoms with Gasteiger partial charge >= 0.3 is 11.9 Å². The molecule has 3 aliphatic carbocycles. The molecule has 3 saturated carbocycles. The Kier molecular flexibility index (Phi) is 3.66. The normalized spacial score (nSPS) is 24.9. The van der Waals surface area contributed by atoms with Crippen LogP contribution in [0.5, 0.6) is 0 Å². The highest BCUT2D eigenvalue weighted by Gasteiger charge is 2.65. The number of anilines is 2. The summed E-state index contributed by atoms with van der Waals surface area (Å²) < 4.78 is 44.8. The lowest BCUT2D eigenvalue weighted by Gasteiger charge is -2.39. The fourth-order valence-corrected chi connectivity index (χ4v) is 5.41. The second-order valence-electron chi connectivity index (χ2n) is 8.88. The molecule has 2 bridgehead atoms. The summed E-state index contributed by atoms with van der Waals surface area (Å²) in [6.07, 6.45) is 1.06. The minimum atomic E-state index is -4.25. The number of aryl methyl sites for hydroxylation is 2. The zero-order valence-electron chi connectivity index (χ0n) is 17.3. The summed E-state index contributed by atoms with van der Waals surface area (Å²) in [5, 5.41) is 7.25. The summed E-state index contributed by atoms with van der Waals surface area (Å²) in [5.74, 6) is -1.56. The average molecular weight is 444 g/mol. The van der Waals surface area contributed by atoms with Crippen molar-refractivity contribution in [3.8, 4) is 0 Å². The molecule has 166 valence electrons. The number of halogens is 3. The van der Waals surface area contributed by atoms with Crippen molar-refractivity contribution in [2.45, 2.75) is 37.9 Å². The molecule has 7 rings (SSSR count). The number of alkyl halides is 3. The molecule has 0 amide bonds. The first-order valence-electron chi connectivity index (χ1n) is 10.2. The highest BCUT2D eigenvalue weighted by atomic mass is 19.4. The van der Waals surface area contributed by atoms with Crippen LogP contribution in [0.3, 0.4) is 0 Å². The first-order valence-corrected chi connectivity index (χ1v) is 10.2. The number of imidazole rings is 1. The van der Waals surface area contributed by atoms with E-state index in [1.807, 2.05) is 13.0 Å². The Morgan fingerprint density at radius 3 is 2.72 bits per heavy atom. The van der Waals surface area contributed by atoms with Gasteiger partial charge < -0.3 is 5.32 Å². The molecule has 4 aromatic rings. The summed E-state index contributed by atoms with van der Waals surface area (Å²) in [4.78, 5) is 26.1. The van der Waals surface area contributed by atoms with E-state index in [9.17, 15) is 18.0 Å². The van der Waals surface area contributed by atoms with Crippen molar-refractivity contribution in [1.82, 2.24) is 33.7 Å². The molecule has 0 saturated heterocycles. The van der Waals surface area contributed by atoms with E-state index < -0.39 is 23.6 Å². The summed E-state index contributed by atoms with van der Waals surface area (Å²) in [7, 11) is 1.59. The van der Waals surface area contributed by atoms with Gasteiger partial charge in [-0.3, -0.25) is 9.13 Å². The monoisotopic (exact) mass is 444 g/mol. The first kappa shape index (κ1) is 19.3. The predicted octanol–water partition coefficient (Wildman–Crippen LogP) is 2.91. The fourth-order valence-electron chi connectivity index (χ4n) is 5.41. The van der Waals surface area contributed by atoms with Gasteiger partial charge in [0.25, 0.3) is 0 Å². The summed E-state index contributed by atoms with van der Waals surface area (Å²) >= 11 is 0. The number of hydrogen-bond donors (Lipinski definition) is 1. The molecule has 32 heavy (non-hydrogen) atoms. The Labute approximate surface area is 178 Å². The van der Waals surface area contributed by atoms with Crippen LogP contribution in [-0.2, 0) is 12.6 Å². The predicted molar refractivity (Wildman–Crippen MR) is 109 cm³/mol. The van der Waals surface area contributed by atoms with Crippen LogP contribution in [0.2, 0.25) is 0 Å². The lowest BCUT2D eigenvalue weighted by atomic mass is 9.76. The highest BCUT2D eigenvalue weighted by molar-refractivity contribution is 5.73. The van der Waals surface area contributed by atoms with Gasteiger partial charge in [-0.15, -0.1) is 0 Å². The van der Waals surface area contributed by atoms with Crippen LogP contribution >= 0.6 is 0 Å². The van der Waals surface area contributed by atoms with Crippen molar-refractivity contribution >= 4 is 28.4 Å². The molecule has 4 heterocycles. The van der Waals surface area contributed by atoms with Gasteiger partial charge in [-0.05, 0) is 43.7 Å². The van der Waals surface area contributed by atoms with Gasteiger partial charge in [-0.1, -0.05) is 0 Å². The lowest BCUT2D eigenvalue weighted by Crippen LogP contribution is -2.45. The largest absolute Gasteiger partial charge is 0.392 e. The summed E-state index contributed by atoms with van der Waals surface area (Å²) in [5.41, 5.74) is 1.90. The van der Waals surface area contributed by atoms with E-state index in [0.717, 1.165) is 5.56 Å². The lowest BCUT2D eigenvalue weighted by molar-refractivity contribution is -0.180. The van der Waals surface area contributed by atoms with Gasteiger partial charge in [-0.25, -0.2) is 19.3 Å².